The summed E-state index contributed by atoms with van der Waals surface area (Å²) in [6.07, 6.45) is 2.68. The number of hydrogen-bond acceptors (Lipinski definition) is 4. The summed E-state index contributed by atoms with van der Waals surface area (Å²) < 4.78 is 6.82. The molecule has 0 aliphatic carbocycles. The third-order valence-electron chi connectivity index (χ3n) is 3.08. The molecule has 2 heterocycles. The topological polar surface area (TPSA) is 56.7 Å². The molecule has 7 heteroatoms. The van der Waals surface area contributed by atoms with E-state index in [-0.39, 0.29) is 0 Å². The second kappa shape index (κ2) is 5.81. The molecule has 0 aliphatic rings. The van der Waals surface area contributed by atoms with Crippen molar-refractivity contribution < 1.29 is 4.52 Å². The molecule has 1 aromatic carbocycles. The van der Waals surface area contributed by atoms with Crippen molar-refractivity contribution in [1.29, 1.82) is 0 Å². The Kier molecular flexibility index (Phi) is 3.89. The van der Waals surface area contributed by atoms with Gasteiger partial charge in [0.2, 0.25) is 6.39 Å². The van der Waals surface area contributed by atoms with Crippen LogP contribution in [0.2, 0.25) is 5.02 Å². The highest BCUT2D eigenvalue weighted by Crippen LogP contribution is 2.25. The molecule has 0 spiro atoms. The maximum atomic E-state index is 6.29. The van der Waals surface area contributed by atoms with Gasteiger partial charge in [-0.25, -0.2) is 4.98 Å². The van der Waals surface area contributed by atoms with Crippen LogP contribution in [0.1, 0.15) is 11.6 Å². The molecule has 0 saturated heterocycles. The third-order valence-corrected chi connectivity index (χ3v) is 3.57. The number of hydrogen-bond donors (Lipinski definition) is 0. The summed E-state index contributed by atoms with van der Waals surface area (Å²) in [5.74, 6) is 2.10. The zero-order valence-corrected chi connectivity index (χ0v) is 12.1. The van der Waals surface area contributed by atoms with Crippen LogP contribution in [0, 0.1) is 0 Å². The largest absolute Gasteiger partial charge is 0.343 e. The van der Waals surface area contributed by atoms with Crippen molar-refractivity contribution >= 4 is 34.2 Å². The summed E-state index contributed by atoms with van der Waals surface area (Å²) in [4.78, 5) is 8.62. The second-order valence-corrected chi connectivity index (χ2v) is 5.11. The molecule has 0 unspecified atom stereocenters. The molecule has 0 fully saturated rings. The maximum Gasteiger partial charge on any atom is 0.213 e. The number of imidazole rings is 1. The third kappa shape index (κ3) is 2.51. The van der Waals surface area contributed by atoms with Crippen LogP contribution in [-0.2, 0) is 19.4 Å². The van der Waals surface area contributed by atoms with Gasteiger partial charge in [0.1, 0.15) is 5.82 Å². The van der Waals surface area contributed by atoms with Gasteiger partial charge >= 0.3 is 0 Å². The molecule has 0 amide bonds. The normalized spacial score (nSPS) is 11.3. The van der Waals surface area contributed by atoms with Crippen LogP contribution < -0.4 is 0 Å². The number of aryl methyl sites for hydroxylation is 3. The number of aromatic nitrogens is 4. The maximum absolute atomic E-state index is 6.29. The molecule has 0 saturated carbocycles. The first kappa shape index (κ1) is 13.4. The van der Waals surface area contributed by atoms with Crippen LogP contribution in [0.3, 0.4) is 0 Å². The number of para-hydroxylation sites is 1. The lowest BCUT2D eigenvalue weighted by Gasteiger charge is -2.07. The van der Waals surface area contributed by atoms with Crippen LogP contribution >= 0.6 is 23.2 Å². The van der Waals surface area contributed by atoms with Gasteiger partial charge in [-0.3, -0.25) is 0 Å². The number of fused-ring (bicyclic) bond motifs is 1. The zero-order chi connectivity index (χ0) is 13.9. The zero-order valence-electron chi connectivity index (χ0n) is 10.6. The van der Waals surface area contributed by atoms with E-state index in [9.17, 15) is 0 Å². The van der Waals surface area contributed by atoms with Crippen LogP contribution in [0.5, 0.6) is 0 Å². The standard InChI is InChI=1S/C13H12Cl2N4O/c14-6-4-12-17-10-3-1-2-9(15)13(10)19(12)7-5-11-16-8-20-18-11/h1-3,8H,4-7H2. The molecular formula is C13H12Cl2N4O. The fourth-order valence-corrected chi connectivity index (χ4v) is 2.66. The van der Waals surface area contributed by atoms with E-state index in [1.807, 2.05) is 18.2 Å². The van der Waals surface area contributed by atoms with E-state index < -0.39 is 0 Å². The number of nitrogens with zero attached hydrogens (tertiary/aromatic N) is 4. The van der Waals surface area contributed by atoms with E-state index in [2.05, 4.69) is 19.7 Å². The van der Waals surface area contributed by atoms with Crippen molar-refractivity contribution in [1.82, 2.24) is 19.7 Å². The van der Waals surface area contributed by atoms with Crippen molar-refractivity contribution in [3.05, 3.63) is 41.3 Å². The highest BCUT2D eigenvalue weighted by atomic mass is 35.5. The van der Waals surface area contributed by atoms with E-state index >= 15 is 0 Å². The van der Waals surface area contributed by atoms with Gasteiger partial charge in [-0.1, -0.05) is 22.8 Å². The van der Waals surface area contributed by atoms with Crippen molar-refractivity contribution in [3.8, 4) is 0 Å². The van der Waals surface area contributed by atoms with E-state index in [1.165, 1.54) is 6.39 Å². The summed E-state index contributed by atoms with van der Waals surface area (Å²) >= 11 is 12.1. The van der Waals surface area contributed by atoms with Gasteiger partial charge in [-0.05, 0) is 12.1 Å². The Hall–Kier alpha value is -1.59. The predicted molar refractivity (Wildman–Crippen MR) is 77.2 cm³/mol. The van der Waals surface area contributed by atoms with Crippen molar-refractivity contribution in [2.75, 3.05) is 5.88 Å². The smallest absolute Gasteiger partial charge is 0.213 e. The van der Waals surface area contributed by atoms with E-state index in [4.69, 9.17) is 27.7 Å². The summed E-state index contributed by atoms with van der Waals surface area (Å²) in [6.45, 7) is 0.686. The Bertz CT molecular complexity index is 709. The van der Waals surface area contributed by atoms with Crippen molar-refractivity contribution in [3.63, 3.8) is 0 Å². The summed E-state index contributed by atoms with van der Waals surface area (Å²) in [7, 11) is 0. The average Bonchev–Trinajstić information content (AvgIpc) is 3.05. The fourth-order valence-electron chi connectivity index (χ4n) is 2.22. The molecule has 104 valence electrons. The Balaban J connectivity index is 1.99. The molecule has 0 N–H and O–H groups in total. The van der Waals surface area contributed by atoms with Gasteiger partial charge in [0.15, 0.2) is 5.82 Å². The summed E-state index contributed by atoms with van der Waals surface area (Å²) in [6, 6.07) is 5.70. The Morgan fingerprint density at radius 2 is 2.15 bits per heavy atom. The number of benzene rings is 1. The number of halogens is 2. The van der Waals surface area contributed by atoms with Crippen LogP contribution in [-0.4, -0.2) is 25.6 Å². The highest BCUT2D eigenvalue weighted by Gasteiger charge is 2.13. The summed E-state index contributed by atoms with van der Waals surface area (Å²) in [5, 5.41) is 4.50. The van der Waals surface area contributed by atoms with Crippen molar-refractivity contribution in [2.45, 2.75) is 19.4 Å². The van der Waals surface area contributed by atoms with E-state index in [1.54, 1.807) is 0 Å². The molecule has 2 aromatic heterocycles. The number of alkyl halides is 1. The molecule has 3 aromatic rings. The van der Waals surface area contributed by atoms with E-state index in [0.29, 0.717) is 36.1 Å². The monoisotopic (exact) mass is 310 g/mol. The molecule has 0 bridgehead atoms. The van der Waals surface area contributed by atoms with Crippen LogP contribution in [0.15, 0.2) is 29.1 Å². The minimum absolute atomic E-state index is 0.517. The summed E-state index contributed by atoms with van der Waals surface area (Å²) in [5.41, 5.74) is 1.81. The average molecular weight is 311 g/mol. The first-order valence-corrected chi connectivity index (χ1v) is 7.15. The SMILES string of the molecule is ClCCc1nc2cccc(Cl)c2n1CCc1ncon1. The number of rotatable bonds is 5. The van der Waals surface area contributed by atoms with Gasteiger partial charge in [-0.2, -0.15) is 4.98 Å². The second-order valence-electron chi connectivity index (χ2n) is 4.32. The first-order valence-electron chi connectivity index (χ1n) is 6.24. The molecule has 0 radical (unpaired) electrons. The minimum atomic E-state index is 0.517. The van der Waals surface area contributed by atoms with Crippen molar-refractivity contribution in [2.24, 2.45) is 0 Å². The fraction of sp³-hybridized carbons (Fsp3) is 0.308. The quantitative estimate of drug-likeness (QED) is 0.679. The van der Waals surface area contributed by atoms with Gasteiger partial charge in [0.05, 0.1) is 16.1 Å². The lowest BCUT2D eigenvalue weighted by atomic mass is 10.3. The Labute approximate surface area is 125 Å². The van der Waals surface area contributed by atoms with Gasteiger partial charge in [0, 0.05) is 25.3 Å². The molecule has 5 nitrogen and oxygen atoms in total. The minimum Gasteiger partial charge on any atom is -0.343 e. The molecular weight excluding hydrogens is 299 g/mol. The predicted octanol–water partition coefficient (Wildman–Crippen LogP) is 3.10. The van der Waals surface area contributed by atoms with Gasteiger partial charge < -0.3 is 9.09 Å². The van der Waals surface area contributed by atoms with Gasteiger partial charge in [0.25, 0.3) is 0 Å². The van der Waals surface area contributed by atoms with E-state index in [0.717, 1.165) is 16.9 Å². The molecule has 3 rings (SSSR count). The van der Waals surface area contributed by atoms with Crippen LogP contribution in [0.25, 0.3) is 11.0 Å². The Morgan fingerprint density at radius 1 is 1.25 bits per heavy atom. The lowest BCUT2D eigenvalue weighted by Crippen LogP contribution is -2.08. The molecule has 20 heavy (non-hydrogen) atoms. The highest BCUT2D eigenvalue weighted by molar-refractivity contribution is 6.35. The first-order chi connectivity index (χ1) is 9.79. The molecule has 0 atom stereocenters. The van der Waals surface area contributed by atoms with Crippen LogP contribution in [0.4, 0.5) is 0 Å². The van der Waals surface area contributed by atoms with Gasteiger partial charge in [-0.15, -0.1) is 11.6 Å². The Morgan fingerprint density at radius 3 is 2.90 bits per heavy atom. The molecule has 0 aliphatic heterocycles. The lowest BCUT2D eigenvalue weighted by molar-refractivity contribution is 0.408.